The maximum Gasteiger partial charge on any atom is 0.300 e. The molecule has 1 heterocycles. The molecule has 0 aliphatic carbocycles. The van der Waals surface area contributed by atoms with Crippen molar-refractivity contribution in [1.82, 2.24) is 4.33 Å². The van der Waals surface area contributed by atoms with Gasteiger partial charge in [-0.3, -0.25) is 0 Å². The van der Waals surface area contributed by atoms with Gasteiger partial charge in [-0.15, -0.1) is 0 Å². The van der Waals surface area contributed by atoms with E-state index in [2.05, 4.69) is 13.7 Å². The van der Waals surface area contributed by atoms with Gasteiger partial charge in [0, 0.05) is 5.70 Å². The first-order valence-electron chi connectivity index (χ1n) is 3.96. The summed E-state index contributed by atoms with van der Waals surface area (Å²) in [5.41, 5.74) is 3.33. The van der Waals surface area contributed by atoms with Crippen LogP contribution in [0.25, 0.3) is 0 Å². The number of halogens is 2. The lowest BCUT2D eigenvalue weighted by Crippen LogP contribution is -2.33. The summed E-state index contributed by atoms with van der Waals surface area (Å²) in [7, 11) is 0. The van der Waals surface area contributed by atoms with Crippen LogP contribution in [-0.2, 0) is 0 Å². The highest BCUT2D eigenvalue weighted by Crippen LogP contribution is 2.32. The van der Waals surface area contributed by atoms with Crippen LogP contribution in [0.4, 0.5) is 0 Å². The first kappa shape index (κ1) is 10.0. The van der Waals surface area contributed by atoms with E-state index in [-0.39, 0.29) is 6.85 Å². The van der Waals surface area contributed by atoms with Crippen LogP contribution in [0.3, 0.4) is 0 Å². The Morgan fingerprint density at radius 2 is 1.75 bits per heavy atom. The second-order valence-corrected chi connectivity index (χ2v) is 3.94. The molecule has 0 bridgehead atoms. The minimum atomic E-state index is 0.245. The molecule has 66 valence electrons. The van der Waals surface area contributed by atoms with E-state index >= 15 is 0 Å². The fourth-order valence-electron chi connectivity index (χ4n) is 1.31. The minimum absolute atomic E-state index is 0.245. The van der Waals surface area contributed by atoms with Gasteiger partial charge in [-0.05, 0) is 38.1 Å². The molecule has 0 unspecified atom stereocenters. The molecule has 0 saturated carbocycles. The number of hydrogen-bond donors (Lipinski definition) is 0. The molecule has 1 rings (SSSR count). The van der Waals surface area contributed by atoms with Crippen LogP contribution in [0.5, 0.6) is 0 Å². The quantitative estimate of drug-likeness (QED) is 0.431. The zero-order valence-corrected chi connectivity index (χ0v) is 9.29. The Kier molecular flexibility index (Phi) is 2.79. The SMILES string of the molecule is CB1C(C)=C(C)C(Cl)=C(C)N1Cl. The van der Waals surface area contributed by atoms with Crippen molar-refractivity contribution in [1.29, 1.82) is 0 Å². The Morgan fingerprint density at radius 1 is 1.25 bits per heavy atom. The van der Waals surface area contributed by atoms with Crippen LogP contribution in [0.15, 0.2) is 21.8 Å². The lowest BCUT2D eigenvalue weighted by atomic mass is 9.55. The molecule has 0 saturated heterocycles. The molecule has 1 aliphatic rings. The van der Waals surface area contributed by atoms with Crippen molar-refractivity contribution in [3.8, 4) is 0 Å². The van der Waals surface area contributed by atoms with E-state index in [4.69, 9.17) is 23.4 Å². The Labute approximate surface area is 84.2 Å². The molecular weight excluding hydrogens is 192 g/mol. The molecule has 0 amide bonds. The van der Waals surface area contributed by atoms with Crippen molar-refractivity contribution in [2.75, 3.05) is 0 Å². The summed E-state index contributed by atoms with van der Waals surface area (Å²) in [6.45, 7) is 8.33. The topological polar surface area (TPSA) is 3.24 Å². The zero-order valence-electron chi connectivity index (χ0n) is 7.78. The van der Waals surface area contributed by atoms with E-state index < -0.39 is 0 Å². The van der Waals surface area contributed by atoms with Gasteiger partial charge < -0.3 is 4.33 Å². The largest absolute Gasteiger partial charge is 0.328 e. The van der Waals surface area contributed by atoms with Crippen LogP contribution < -0.4 is 0 Å². The van der Waals surface area contributed by atoms with Crippen LogP contribution in [0, 0.1) is 0 Å². The third-order valence-electron chi connectivity index (χ3n) is 2.53. The van der Waals surface area contributed by atoms with Gasteiger partial charge in [0.1, 0.15) is 0 Å². The van der Waals surface area contributed by atoms with Crippen molar-refractivity contribution in [2.24, 2.45) is 0 Å². The highest BCUT2D eigenvalue weighted by atomic mass is 35.5. The monoisotopic (exact) mass is 203 g/mol. The van der Waals surface area contributed by atoms with Crippen LogP contribution >= 0.6 is 23.4 Å². The molecule has 0 fully saturated rings. The van der Waals surface area contributed by atoms with Gasteiger partial charge in [0.15, 0.2) is 0 Å². The summed E-state index contributed by atoms with van der Waals surface area (Å²) < 4.78 is 1.69. The molecule has 0 radical (unpaired) electrons. The van der Waals surface area contributed by atoms with Crippen LogP contribution in [-0.4, -0.2) is 11.2 Å². The summed E-state index contributed by atoms with van der Waals surface area (Å²) in [5, 5.41) is 0.778. The van der Waals surface area contributed by atoms with E-state index in [1.807, 2.05) is 13.8 Å². The first-order chi connectivity index (χ1) is 5.46. The van der Waals surface area contributed by atoms with Crippen molar-refractivity contribution in [3.63, 3.8) is 0 Å². The number of nitrogens with zero attached hydrogens (tertiary/aromatic N) is 1. The third-order valence-corrected chi connectivity index (χ3v) is 3.63. The summed E-state index contributed by atoms with van der Waals surface area (Å²) in [6, 6.07) is 0. The maximum atomic E-state index is 6.07. The molecule has 0 atom stereocenters. The van der Waals surface area contributed by atoms with Crippen molar-refractivity contribution >= 4 is 30.2 Å². The van der Waals surface area contributed by atoms with E-state index in [9.17, 15) is 0 Å². The maximum absolute atomic E-state index is 6.07. The highest BCUT2D eigenvalue weighted by Gasteiger charge is 2.27. The smallest absolute Gasteiger partial charge is 0.300 e. The average Bonchev–Trinajstić information content (AvgIpc) is 2.08. The zero-order chi connectivity index (χ0) is 9.46. The molecule has 0 spiro atoms. The van der Waals surface area contributed by atoms with Gasteiger partial charge in [-0.1, -0.05) is 23.9 Å². The lowest BCUT2D eigenvalue weighted by molar-refractivity contribution is 0.820. The van der Waals surface area contributed by atoms with Gasteiger partial charge in [0.05, 0.1) is 5.03 Å². The molecule has 0 aromatic rings. The van der Waals surface area contributed by atoms with E-state index in [1.165, 1.54) is 5.47 Å². The molecule has 0 aromatic heterocycles. The average molecular weight is 204 g/mol. The standard InChI is InChI=1S/C8H12BCl2N/c1-5-6(2)9(4)12(11)7(3)8(5)10/h1-4H3. The van der Waals surface area contributed by atoms with E-state index in [0.717, 1.165) is 16.3 Å². The Balaban J connectivity index is 3.18. The number of hydrogen-bond acceptors (Lipinski definition) is 1. The van der Waals surface area contributed by atoms with Gasteiger partial charge in [-0.2, -0.15) is 0 Å². The van der Waals surface area contributed by atoms with Gasteiger partial charge in [-0.25, -0.2) is 0 Å². The summed E-state index contributed by atoms with van der Waals surface area (Å²) in [5.74, 6) is 0. The third kappa shape index (κ3) is 1.38. The molecular formula is C8H12BCl2N. The Hall–Kier alpha value is -0.0751. The summed E-state index contributed by atoms with van der Waals surface area (Å²) in [6.07, 6.45) is 0. The fourth-order valence-corrected chi connectivity index (χ4v) is 1.83. The van der Waals surface area contributed by atoms with Crippen molar-refractivity contribution in [3.05, 3.63) is 21.8 Å². The second kappa shape index (κ2) is 3.35. The van der Waals surface area contributed by atoms with Gasteiger partial charge >= 0.3 is 0 Å². The van der Waals surface area contributed by atoms with E-state index in [0.29, 0.717) is 0 Å². The van der Waals surface area contributed by atoms with E-state index in [1.54, 1.807) is 4.33 Å². The molecule has 1 aliphatic heterocycles. The molecule has 0 N–H and O–H groups in total. The van der Waals surface area contributed by atoms with Gasteiger partial charge in [0.25, 0.3) is 6.85 Å². The summed E-state index contributed by atoms with van der Waals surface area (Å²) >= 11 is 12.1. The number of rotatable bonds is 0. The Bertz CT molecular complexity index is 242. The van der Waals surface area contributed by atoms with Gasteiger partial charge in [0.2, 0.25) is 0 Å². The molecule has 1 nitrogen and oxygen atoms in total. The van der Waals surface area contributed by atoms with Crippen LogP contribution in [0.2, 0.25) is 6.82 Å². The molecule has 4 heteroatoms. The second-order valence-electron chi connectivity index (χ2n) is 3.19. The Morgan fingerprint density at radius 3 is 2.25 bits per heavy atom. The van der Waals surface area contributed by atoms with Crippen LogP contribution in [0.1, 0.15) is 20.8 Å². The van der Waals surface area contributed by atoms with Crippen molar-refractivity contribution < 1.29 is 0 Å². The minimum Gasteiger partial charge on any atom is -0.328 e. The fraction of sp³-hybridized carbons (Fsp3) is 0.500. The number of allylic oxidation sites excluding steroid dienone is 4. The predicted octanol–water partition coefficient (Wildman–Crippen LogP) is 3.42. The predicted molar refractivity (Wildman–Crippen MR) is 56.2 cm³/mol. The highest BCUT2D eigenvalue weighted by molar-refractivity contribution is 6.69. The van der Waals surface area contributed by atoms with Crippen molar-refractivity contribution in [2.45, 2.75) is 27.6 Å². The first-order valence-corrected chi connectivity index (χ1v) is 4.67. The molecule has 0 aromatic carbocycles. The molecule has 12 heavy (non-hydrogen) atoms. The summed E-state index contributed by atoms with van der Waals surface area (Å²) in [4.78, 5) is 0. The lowest BCUT2D eigenvalue weighted by Gasteiger charge is -2.29. The normalized spacial score (nSPS) is 19.5.